The van der Waals surface area contributed by atoms with Crippen molar-refractivity contribution in [2.75, 3.05) is 7.05 Å². The Morgan fingerprint density at radius 1 is 1.14 bits per heavy atom. The van der Waals surface area contributed by atoms with E-state index in [9.17, 15) is 9.59 Å². The fourth-order valence-electron chi connectivity index (χ4n) is 1.40. The molecule has 1 aromatic carbocycles. The van der Waals surface area contributed by atoms with Gasteiger partial charge in [0.05, 0.1) is 0 Å². The van der Waals surface area contributed by atoms with Gasteiger partial charge >= 0.3 is 0 Å². The van der Waals surface area contributed by atoms with Crippen LogP contribution in [0.25, 0.3) is 0 Å². The highest BCUT2D eigenvalue weighted by Crippen LogP contribution is 2.13. The van der Waals surface area contributed by atoms with Crippen LogP contribution in [0.3, 0.4) is 0 Å². The van der Waals surface area contributed by atoms with E-state index in [1.165, 1.54) is 7.05 Å². The molecular formula is C11H13NO2. The van der Waals surface area contributed by atoms with Crippen molar-refractivity contribution in [3.05, 3.63) is 34.9 Å². The number of carbonyl (C=O) groups is 2. The molecule has 0 radical (unpaired) electrons. The van der Waals surface area contributed by atoms with Crippen LogP contribution in [-0.4, -0.2) is 18.7 Å². The normalized spacial score (nSPS) is 9.64. The van der Waals surface area contributed by atoms with Crippen molar-refractivity contribution in [1.82, 2.24) is 5.32 Å². The van der Waals surface area contributed by atoms with Crippen molar-refractivity contribution in [1.29, 1.82) is 0 Å². The predicted molar refractivity (Wildman–Crippen MR) is 54.3 cm³/mol. The summed E-state index contributed by atoms with van der Waals surface area (Å²) in [5.41, 5.74) is 2.17. The van der Waals surface area contributed by atoms with E-state index in [1.807, 2.05) is 32.0 Å². The maximum Gasteiger partial charge on any atom is 0.292 e. The van der Waals surface area contributed by atoms with Gasteiger partial charge in [0.25, 0.3) is 11.7 Å². The summed E-state index contributed by atoms with van der Waals surface area (Å²) in [6.07, 6.45) is 0. The van der Waals surface area contributed by atoms with Gasteiger partial charge in [0.1, 0.15) is 0 Å². The lowest BCUT2D eigenvalue weighted by atomic mass is 9.99. The summed E-state index contributed by atoms with van der Waals surface area (Å²) in [5.74, 6) is -1.04. The number of Topliss-reactive ketones (excluding diaryl/α,β-unsaturated/α-hetero) is 1. The quantitative estimate of drug-likeness (QED) is 0.564. The third kappa shape index (κ3) is 1.82. The number of aryl methyl sites for hydroxylation is 2. The smallest absolute Gasteiger partial charge is 0.292 e. The second-order valence-electron chi connectivity index (χ2n) is 3.18. The van der Waals surface area contributed by atoms with E-state index < -0.39 is 11.7 Å². The molecule has 0 aromatic heterocycles. The fourth-order valence-corrected chi connectivity index (χ4v) is 1.40. The van der Waals surface area contributed by atoms with Crippen molar-refractivity contribution < 1.29 is 9.59 Å². The zero-order chi connectivity index (χ0) is 10.7. The third-order valence-electron chi connectivity index (χ3n) is 2.14. The SMILES string of the molecule is CNC(=O)C(=O)c1c(C)cccc1C. The first-order chi connectivity index (χ1) is 6.57. The van der Waals surface area contributed by atoms with Gasteiger partial charge in [-0.1, -0.05) is 18.2 Å². The Bertz CT molecular complexity index is 363. The van der Waals surface area contributed by atoms with Crippen LogP contribution >= 0.6 is 0 Å². The number of amides is 1. The Labute approximate surface area is 83.1 Å². The van der Waals surface area contributed by atoms with Crippen LogP contribution in [0.4, 0.5) is 0 Å². The second kappa shape index (κ2) is 4.05. The first kappa shape index (κ1) is 10.4. The molecule has 0 heterocycles. The molecule has 1 rings (SSSR count). The lowest BCUT2D eigenvalue weighted by Crippen LogP contribution is -2.28. The van der Waals surface area contributed by atoms with Crippen molar-refractivity contribution in [2.45, 2.75) is 13.8 Å². The average Bonchev–Trinajstić information content (AvgIpc) is 2.16. The van der Waals surface area contributed by atoms with E-state index in [0.29, 0.717) is 5.56 Å². The van der Waals surface area contributed by atoms with Gasteiger partial charge in [0.15, 0.2) is 0 Å². The van der Waals surface area contributed by atoms with Crippen LogP contribution in [0.1, 0.15) is 21.5 Å². The number of ketones is 1. The van der Waals surface area contributed by atoms with Crippen molar-refractivity contribution >= 4 is 11.7 Å². The highest BCUT2D eigenvalue weighted by molar-refractivity contribution is 6.43. The summed E-state index contributed by atoms with van der Waals surface area (Å²) < 4.78 is 0. The Morgan fingerprint density at radius 2 is 1.64 bits per heavy atom. The molecule has 0 fully saturated rings. The molecule has 0 spiro atoms. The van der Waals surface area contributed by atoms with Gasteiger partial charge in [0, 0.05) is 12.6 Å². The number of hydrogen-bond donors (Lipinski definition) is 1. The van der Waals surface area contributed by atoms with E-state index >= 15 is 0 Å². The Kier molecular flexibility index (Phi) is 3.02. The minimum absolute atomic E-state index is 0.469. The Hall–Kier alpha value is -1.64. The molecule has 0 unspecified atom stereocenters. The molecular weight excluding hydrogens is 178 g/mol. The molecule has 0 aliphatic heterocycles. The van der Waals surface area contributed by atoms with Gasteiger partial charge in [-0.05, 0) is 25.0 Å². The maximum atomic E-state index is 11.6. The van der Waals surface area contributed by atoms with E-state index in [-0.39, 0.29) is 0 Å². The number of hydrogen-bond acceptors (Lipinski definition) is 2. The molecule has 1 amide bonds. The molecule has 0 saturated carbocycles. The summed E-state index contributed by atoms with van der Waals surface area (Å²) in [4.78, 5) is 22.8. The molecule has 3 heteroatoms. The minimum atomic E-state index is -0.567. The molecule has 74 valence electrons. The predicted octanol–water partition coefficient (Wildman–Crippen LogP) is 1.23. The number of rotatable bonds is 2. The Morgan fingerprint density at radius 3 is 2.07 bits per heavy atom. The van der Waals surface area contributed by atoms with Gasteiger partial charge in [-0.25, -0.2) is 0 Å². The number of nitrogens with one attached hydrogen (secondary N) is 1. The maximum absolute atomic E-state index is 11.6. The van der Waals surface area contributed by atoms with Gasteiger partial charge < -0.3 is 5.32 Å². The summed E-state index contributed by atoms with van der Waals surface area (Å²) in [6, 6.07) is 5.51. The molecule has 0 saturated heterocycles. The molecule has 0 aliphatic carbocycles. The first-order valence-corrected chi connectivity index (χ1v) is 4.40. The first-order valence-electron chi connectivity index (χ1n) is 4.40. The molecule has 0 bridgehead atoms. The van der Waals surface area contributed by atoms with Crippen molar-refractivity contribution in [2.24, 2.45) is 0 Å². The van der Waals surface area contributed by atoms with Crippen LogP contribution in [0.15, 0.2) is 18.2 Å². The molecule has 1 aromatic rings. The van der Waals surface area contributed by atoms with Gasteiger partial charge in [-0.15, -0.1) is 0 Å². The number of likely N-dealkylation sites (N-methyl/N-ethyl adjacent to an activating group) is 1. The summed E-state index contributed by atoms with van der Waals surface area (Å²) >= 11 is 0. The summed E-state index contributed by atoms with van der Waals surface area (Å²) in [6.45, 7) is 3.65. The van der Waals surface area contributed by atoms with Crippen LogP contribution in [0.5, 0.6) is 0 Å². The standard InChI is InChI=1S/C11H13NO2/c1-7-5-4-6-8(2)9(7)10(13)11(14)12-3/h4-6H,1-3H3,(H,12,14). The lowest BCUT2D eigenvalue weighted by Gasteiger charge is -2.06. The van der Waals surface area contributed by atoms with E-state index in [0.717, 1.165) is 11.1 Å². The van der Waals surface area contributed by atoms with Gasteiger partial charge in [0.2, 0.25) is 0 Å². The van der Waals surface area contributed by atoms with Gasteiger partial charge in [-0.2, -0.15) is 0 Å². The largest absolute Gasteiger partial charge is 0.352 e. The highest BCUT2D eigenvalue weighted by atomic mass is 16.2. The van der Waals surface area contributed by atoms with Crippen molar-refractivity contribution in [3.63, 3.8) is 0 Å². The van der Waals surface area contributed by atoms with E-state index in [4.69, 9.17) is 0 Å². The van der Waals surface area contributed by atoms with E-state index in [2.05, 4.69) is 5.32 Å². The third-order valence-corrected chi connectivity index (χ3v) is 2.14. The average molecular weight is 191 g/mol. The lowest BCUT2D eigenvalue weighted by molar-refractivity contribution is -0.116. The molecule has 14 heavy (non-hydrogen) atoms. The van der Waals surface area contributed by atoms with E-state index in [1.54, 1.807) is 0 Å². The molecule has 0 aliphatic rings. The minimum Gasteiger partial charge on any atom is -0.352 e. The van der Waals surface area contributed by atoms with Gasteiger partial charge in [-0.3, -0.25) is 9.59 Å². The number of benzene rings is 1. The fraction of sp³-hybridized carbons (Fsp3) is 0.273. The molecule has 0 atom stereocenters. The zero-order valence-electron chi connectivity index (χ0n) is 8.55. The van der Waals surface area contributed by atoms with Crippen molar-refractivity contribution in [3.8, 4) is 0 Å². The zero-order valence-corrected chi connectivity index (χ0v) is 8.55. The van der Waals surface area contributed by atoms with Crippen LogP contribution in [-0.2, 0) is 4.79 Å². The summed E-state index contributed by atoms with van der Waals surface area (Å²) in [5, 5.41) is 2.33. The van der Waals surface area contributed by atoms with Crippen LogP contribution < -0.4 is 5.32 Å². The Balaban J connectivity index is 3.19. The van der Waals surface area contributed by atoms with Crippen LogP contribution in [0, 0.1) is 13.8 Å². The molecule has 1 N–H and O–H groups in total. The molecule has 3 nitrogen and oxygen atoms in total. The highest BCUT2D eigenvalue weighted by Gasteiger charge is 2.18. The number of carbonyl (C=O) groups excluding carboxylic acids is 2. The second-order valence-corrected chi connectivity index (χ2v) is 3.18. The van der Waals surface area contributed by atoms with Crippen LogP contribution in [0.2, 0.25) is 0 Å². The topological polar surface area (TPSA) is 46.2 Å². The summed E-state index contributed by atoms with van der Waals surface area (Å²) in [7, 11) is 1.45. The monoisotopic (exact) mass is 191 g/mol.